The molecule has 7 atom stereocenters. The number of fused-ring (bicyclic) bond motifs is 3. The SMILES string of the molecule is CC1=CC(=O)/C2=C(\CO)[C@H](O)C[C@@H]3[C@](C)(CC[C@@]34O[C@@H](/C=C(\C)CO)C[C@@H]4C)C[C@H]12. The summed E-state index contributed by atoms with van der Waals surface area (Å²) in [7, 11) is 0. The molecule has 166 valence electrons. The van der Waals surface area contributed by atoms with Crippen molar-refractivity contribution >= 4 is 5.78 Å². The van der Waals surface area contributed by atoms with Gasteiger partial charge in [0.2, 0.25) is 0 Å². The smallest absolute Gasteiger partial charge is 0.182 e. The average molecular weight is 417 g/mol. The number of ether oxygens (including phenoxy) is 1. The van der Waals surface area contributed by atoms with Gasteiger partial charge < -0.3 is 20.1 Å². The Balaban J connectivity index is 1.73. The third-order valence-corrected chi connectivity index (χ3v) is 8.60. The first kappa shape index (κ1) is 21.9. The first-order chi connectivity index (χ1) is 14.1. The van der Waals surface area contributed by atoms with Crippen molar-refractivity contribution in [1.29, 1.82) is 0 Å². The zero-order chi connectivity index (χ0) is 21.8. The van der Waals surface area contributed by atoms with Crippen LogP contribution in [-0.4, -0.2) is 52.1 Å². The molecule has 0 aromatic rings. The van der Waals surface area contributed by atoms with E-state index < -0.39 is 6.10 Å². The maximum absolute atomic E-state index is 12.7. The highest BCUT2D eigenvalue weighted by atomic mass is 16.5. The maximum atomic E-state index is 12.7. The quantitative estimate of drug-likeness (QED) is 0.616. The minimum Gasteiger partial charge on any atom is -0.392 e. The van der Waals surface area contributed by atoms with E-state index >= 15 is 0 Å². The highest BCUT2D eigenvalue weighted by Crippen LogP contribution is 2.63. The molecule has 1 spiro atoms. The number of ketones is 1. The number of allylic oxidation sites excluding steroid dienone is 3. The van der Waals surface area contributed by atoms with Crippen LogP contribution in [0, 0.1) is 23.2 Å². The predicted molar refractivity (Wildman–Crippen MR) is 115 cm³/mol. The molecule has 0 aromatic carbocycles. The number of rotatable bonds is 3. The monoisotopic (exact) mass is 416 g/mol. The van der Waals surface area contributed by atoms with E-state index in [1.807, 2.05) is 19.9 Å². The van der Waals surface area contributed by atoms with Crippen LogP contribution in [0.5, 0.6) is 0 Å². The Morgan fingerprint density at radius 1 is 1.30 bits per heavy atom. The summed E-state index contributed by atoms with van der Waals surface area (Å²) < 4.78 is 6.74. The molecule has 1 saturated carbocycles. The second-order valence-corrected chi connectivity index (χ2v) is 10.5. The molecule has 1 heterocycles. The fourth-order valence-corrected chi connectivity index (χ4v) is 6.98. The van der Waals surface area contributed by atoms with Crippen molar-refractivity contribution in [1.82, 2.24) is 0 Å². The van der Waals surface area contributed by atoms with Gasteiger partial charge in [-0.25, -0.2) is 0 Å². The summed E-state index contributed by atoms with van der Waals surface area (Å²) in [5.41, 5.74) is 2.73. The molecule has 5 heteroatoms. The summed E-state index contributed by atoms with van der Waals surface area (Å²) in [6.07, 6.45) is 7.09. The van der Waals surface area contributed by atoms with Gasteiger partial charge in [0.25, 0.3) is 0 Å². The van der Waals surface area contributed by atoms with Crippen LogP contribution in [0.3, 0.4) is 0 Å². The standard InChI is InChI=1S/C25H36O5/c1-14(12-26)7-17-9-16(3)25(30-17)6-5-24(4)11-18-15(2)8-21(29)23(18)19(13-27)20(28)10-22(24)25/h7-8,16-18,20,22,26-28H,5-6,9-13H2,1-4H3/b14-7+,23-19+/t16-,17-,18+,20+,22+,24+,25-/m0/s1. The van der Waals surface area contributed by atoms with Crippen LogP contribution in [0.4, 0.5) is 0 Å². The van der Waals surface area contributed by atoms with E-state index in [1.165, 1.54) is 0 Å². The van der Waals surface area contributed by atoms with Crippen molar-refractivity contribution in [2.24, 2.45) is 23.2 Å². The van der Waals surface area contributed by atoms with Gasteiger partial charge in [-0.15, -0.1) is 0 Å². The second-order valence-electron chi connectivity index (χ2n) is 10.5. The lowest BCUT2D eigenvalue weighted by molar-refractivity contribution is -0.112. The summed E-state index contributed by atoms with van der Waals surface area (Å²) in [5, 5.41) is 30.6. The van der Waals surface area contributed by atoms with Gasteiger partial charge in [0, 0.05) is 11.5 Å². The van der Waals surface area contributed by atoms with E-state index in [1.54, 1.807) is 6.08 Å². The molecule has 5 nitrogen and oxygen atoms in total. The Morgan fingerprint density at radius 2 is 2.03 bits per heavy atom. The number of hydrogen-bond donors (Lipinski definition) is 3. The molecule has 0 amide bonds. The molecule has 3 N–H and O–H groups in total. The van der Waals surface area contributed by atoms with Gasteiger partial charge in [0.15, 0.2) is 5.78 Å². The first-order valence-electron chi connectivity index (χ1n) is 11.4. The number of carbonyl (C=O) groups is 1. The van der Waals surface area contributed by atoms with Crippen molar-refractivity contribution in [3.63, 3.8) is 0 Å². The number of carbonyl (C=O) groups excluding carboxylic acids is 1. The van der Waals surface area contributed by atoms with Gasteiger partial charge >= 0.3 is 0 Å². The Labute approximate surface area is 179 Å². The summed E-state index contributed by atoms with van der Waals surface area (Å²) in [4.78, 5) is 12.7. The van der Waals surface area contributed by atoms with Gasteiger partial charge in [-0.1, -0.05) is 25.5 Å². The van der Waals surface area contributed by atoms with Crippen LogP contribution in [0.2, 0.25) is 0 Å². The molecule has 4 aliphatic rings. The number of hydrogen-bond acceptors (Lipinski definition) is 5. The molecule has 2 fully saturated rings. The van der Waals surface area contributed by atoms with E-state index in [9.17, 15) is 20.1 Å². The Hall–Kier alpha value is -1.27. The van der Waals surface area contributed by atoms with Crippen molar-refractivity contribution in [2.75, 3.05) is 13.2 Å². The van der Waals surface area contributed by atoms with Gasteiger partial charge in [-0.3, -0.25) is 4.79 Å². The van der Waals surface area contributed by atoms with Gasteiger partial charge in [-0.2, -0.15) is 0 Å². The molecular formula is C25H36O5. The lowest BCUT2D eigenvalue weighted by Gasteiger charge is -2.45. The predicted octanol–water partition coefficient (Wildman–Crippen LogP) is 3.09. The molecule has 30 heavy (non-hydrogen) atoms. The Kier molecular flexibility index (Phi) is 5.63. The minimum atomic E-state index is -0.833. The minimum absolute atomic E-state index is 0.0183. The Bertz CT molecular complexity index is 823. The fraction of sp³-hybridized carbons (Fsp3) is 0.720. The molecule has 3 aliphatic carbocycles. The van der Waals surface area contributed by atoms with Crippen LogP contribution in [0.15, 0.2) is 34.4 Å². The van der Waals surface area contributed by atoms with E-state index in [0.717, 1.165) is 36.8 Å². The van der Waals surface area contributed by atoms with Crippen molar-refractivity contribution in [3.05, 3.63) is 34.4 Å². The van der Waals surface area contributed by atoms with E-state index in [0.29, 0.717) is 23.5 Å². The van der Waals surface area contributed by atoms with Gasteiger partial charge in [0.1, 0.15) is 0 Å². The molecule has 0 bridgehead atoms. The lowest BCUT2D eigenvalue weighted by atomic mass is 9.62. The summed E-state index contributed by atoms with van der Waals surface area (Å²) >= 11 is 0. The van der Waals surface area contributed by atoms with Crippen LogP contribution in [0.1, 0.15) is 59.8 Å². The highest BCUT2D eigenvalue weighted by molar-refractivity contribution is 6.08. The maximum Gasteiger partial charge on any atom is 0.182 e. The van der Waals surface area contributed by atoms with Gasteiger partial charge in [-0.05, 0) is 80.4 Å². The molecular weight excluding hydrogens is 380 g/mol. The zero-order valence-electron chi connectivity index (χ0n) is 18.6. The van der Waals surface area contributed by atoms with Crippen LogP contribution in [-0.2, 0) is 9.53 Å². The molecule has 4 rings (SSSR count). The topological polar surface area (TPSA) is 87.0 Å². The van der Waals surface area contributed by atoms with Crippen molar-refractivity contribution < 1.29 is 24.9 Å². The summed E-state index contributed by atoms with van der Waals surface area (Å²) in [6.45, 7) is 8.22. The van der Waals surface area contributed by atoms with Crippen molar-refractivity contribution in [2.45, 2.75) is 77.6 Å². The third kappa shape index (κ3) is 3.26. The fourth-order valence-electron chi connectivity index (χ4n) is 6.98. The zero-order valence-corrected chi connectivity index (χ0v) is 18.6. The molecule has 1 saturated heterocycles. The van der Waals surface area contributed by atoms with E-state index in [-0.39, 0.29) is 48.0 Å². The van der Waals surface area contributed by atoms with Crippen LogP contribution in [0.25, 0.3) is 0 Å². The first-order valence-corrected chi connectivity index (χ1v) is 11.4. The third-order valence-electron chi connectivity index (χ3n) is 8.60. The number of aliphatic hydroxyl groups excluding tert-OH is 3. The Morgan fingerprint density at radius 3 is 2.70 bits per heavy atom. The average Bonchev–Trinajstić information content (AvgIpc) is 3.24. The molecule has 0 radical (unpaired) electrons. The summed E-state index contributed by atoms with van der Waals surface area (Å²) in [6, 6.07) is 0. The van der Waals surface area contributed by atoms with Gasteiger partial charge in [0.05, 0.1) is 31.0 Å². The van der Waals surface area contributed by atoms with Crippen LogP contribution >= 0.6 is 0 Å². The summed E-state index contributed by atoms with van der Waals surface area (Å²) in [5.74, 6) is 0.410. The normalized spacial score (nSPS) is 46.6. The van der Waals surface area contributed by atoms with Crippen LogP contribution < -0.4 is 0 Å². The molecule has 1 aliphatic heterocycles. The second kappa shape index (κ2) is 7.70. The number of aliphatic hydroxyl groups is 3. The largest absolute Gasteiger partial charge is 0.392 e. The van der Waals surface area contributed by atoms with Crippen molar-refractivity contribution in [3.8, 4) is 0 Å². The molecule has 0 unspecified atom stereocenters. The highest BCUT2D eigenvalue weighted by Gasteiger charge is 2.62. The van der Waals surface area contributed by atoms with E-state index in [4.69, 9.17) is 4.74 Å². The lowest BCUT2D eigenvalue weighted by Crippen LogP contribution is -2.46. The molecule has 0 aromatic heterocycles. The van der Waals surface area contributed by atoms with E-state index in [2.05, 4.69) is 13.8 Å².